The second kappa shape index (κ2) is 9.07. The van der Waals surface area contributed by atoms with Crippen LogP contribution in [-0.4, -0.2) is 39.4 Å². The molecule has 0 spiro atoms. The number of benzene rings is 2. The molecule has 2 heterocycles. The van der Waals surface area contributed by atoms with Crippen LogP contribution in [0.15, 0.2) is 61.2 Å². The van der Waals surface area contributed by atoms with Gasteiger partial charge in [-0.3, -0.25) is 9.59 Å². The van der Waals surface area contributed by atoms with Crippen LogP contribution in [0.2, 0.25) is 0 Å². The number of amides is 2. The number of hydrogen-bond acceptors (Lipinski definition) is 3. The molecule has 1 aromatic heterocycles. The third-order valence-electron chi connectivity index (χ3n) is 5.43. The molecule has 1 fully saturated rings. The Morgan fingerprint density at radius 2 is 1.94 bits per heavy atom. The summed E-state index contributed by atoms with van der Waals surface area (Å²) in [5.41, 5.74) is 1.43. The molecule has 31 heavy (non-hydrogen) atoms. The first-order valence-corrected chi connectivity index (χ1v) is 10.1. The first kappa shape index (κ1) is 20.7. The van der Waals surface area contributed by atoms with Gasteiger partial charge in [-0.25, -0.2) is 13.8 Å². The Kier molecular flexibility index (Phi) is 6.06. The van der Waals surface area contributed by atoms with Crippen LogP contribution in [-0.2, 0) is 11.3 Å². The van der Waals surface area contributed by atoms with Crippen LogP contribution in [0.1, 0.15) is 28.8 Å². The van der Waals surface area contributed by atoms with Crippen LogP contribution in [0.5, 0.6) is 0 Å². The lowest BCUT2D eigenvalue weighted by atomic mass is 9.96. The summed E-state index contributed by atoms with van der Waals surface area (Å²) in [4.78, 5) is 30.8. The lowest BCUT2D eigenvalue weighted by Crippen LogP contribution is -2.45. The number of nitrogens with zero attached hydrogens (tertiary/aromatic N) is 3. The van der Waals surface area contributed by atoms with Gasteiger partial charge in [-0.1, -0.05) is 6.07 Å². The van der Waals surface area contributed by atoms with E-state index in [0.717, 1.165) is 0 Å². The van der Waals surface area contributed by atoms with E-state index < -0.39 is 11.6 Å². The van der Waals surface area contributed by atoms with Crippen molar-refractivity contribution in [2.75, 3.05) is 13.1 Å². The van der Waals surface area contributed by atoms with Gasteiger partial charge in [0.25, 0.3) is 5.91 Å². The molecule has 1 atom stereocenters. The topological polar surface area (TPSA) is 67.2 Å². The van der Waals surface area contributed by atoms with Gasteiger partial charge in [0.15, 0.2) is 0 Å². The number of likely N-dealkylation sites (tertiary alicyclic amines) is 1. The fraction of sp³-hybridized carbons (Fsp3) is 0.261. The minimum Gasteiger partial charge on any atom is -0.352 e. The van der Waals surface area contributed by atoms with Crippen molar-refractivity contribution in [2.45, 2.75) is 19.4 Å². The summed E-state index contributed by atoms with van der Waals surface area (Å²) in [6, 6.07) is 10.2. The number of halogens is 2. The van der Waals surface area contributed by atoms with E-state index in [9.17, 15) is 18.4 Å². The summed E-state index contributed by atoms with van der Waals surface area (Å²) < 4.78 is 29.1. The van der Waals surface area contributed by atoms with E-state index >= 15 is 0 Å². The number of hydrogen-bond donors (Lipinski definition) is 1. The average molecular weight is 424 g/mol. The Bertz CT molecular complexity index is 1070. The first-order valence-electron chi connectivity index (χ1n) is 10.1. The van der Waals surface area contributed by atoms with E-state index in [1.807, 2.05) is 0 Å². The average Bonchev–Trinajstić information content (AvgIpc) is 3.32. The molecular formula is C23H22F2N4O2. The van der Waals surface area contributed by atoms with Crippen LogP contribution < -0.4 is 5.32 Å². The van der Waals surface area contributed by atoms with Crippen LogP contribution in [0, 0.1) is 17.6 Å². The zero-order valence-electron chi connectivity index (χ0n) is 16.8. The van der Waals surface area contributed by atoms with Gasteiger partial charge in [-0.15, -0.1) is 0 Å². The third-order valence-corrected chi connectivity index (χ3v) is 5.43. The predicted octanol–water partition coefficient (Wildman–Crippen LogP) is 3.32. The molecule has 1 N–H and O–H groups in total. The number of piperidine rings is 1. The SMILES string of the molecule is O=C(NCc1ccc(-n2ccnc2)c(F)c1)C1CCCN(C(=O)c2ccc(F)cc2)C1. The molecule has 2 amide bonds. The molecule has 1 unspecified atom stereocenters. The van der Waals surface area contributed by atoms with E-state index in [4.69, 9.17) is 0 Å². The van der Waals surface area contributed by atoms with Gasteiger partial charge in [0, 0.05) is 37.6 Å². The lowest BCUT2D eigenvalue weighted by Gasteiger charge is -2.32. The van der Waals surface area contributed by atoms with Gasteiger partial charge < -0.3 is 14.8 Å². The van der Waals surface area contributed by atoms with Crippen molar-refractivity contribution in [3.8, 4) is 5.69 Å². The van der Waals surface area contributed by atoms with E-state index in [1.165, 1.54) is 36.7 Å². The molecule has 4 rings (SSSR count). The Morgan fingerprint density at radius 3 is 2.65 bits per heavy atom. The summed E-state index contributed by atoms with van der Waals surface area (Å²) in [5.74, 6) is -1.53. The summed E-state index contributed by atoms with van der Waals surface area (Å²) in [6.07, 6.45) is 6.12. The molecule has 0 bridgehead atoms. The molecule has 1 saturated heterocycles. The molecule has 1 aliphatic rings. The van der Waals surface area contributed by atoms with Crippen molar-refractivity contribution in [3.05, 3.63) is 83.9 Å². The van der Waals surface area contributed by atoms with Crippen molar-refractivity contribution in [1.29, 1.82) is 0 Å². The van der Waals surface area contributed by atoms with Gasteiger partial charge in [0.1, 0.15) is 11.6 Å². The molecule has 3 aromatic rings. The highest BCUT2D eigenvalue weighted by atomic mass is 19.1. The maximum Gasteiger partial charge on any atom is 0.253 e. The number of rotatable bonds is 5. The molecule has 1 aliphatic heterocycles. The number of aromatic nitrogens is 2. The standard InChI is InChI=1S/C23H22F2N4O2/c24-19-6-4-17(5-7-19)23(31)28-10-1-2-18(14-28)22(30)27-13-16-3-8-21(20(25)12-16)29-11-9-26-15-29/h3-9,11-12,15,18H,1-2,10,13-14H2,(H,27,30). The number of nitrogens with one attached hydrogen (secondary N) is 1. The summed E-state index contributed by atoms with van der Waals surface area (Å²) in [7, 11) is 0. The Labute approximate surface area is 178 Å². The summed E-state index contributed by atoms with van der Waals surface area (Å²) in [5, 5.41) is 2.84. The maximum absolute atomic E-state index is 14.4. The third kappa shape index (κ3) is 4.79. The molecule has 8 heteroatoms. The second-order valence-corrected chi connectivity index (χ2v) is 7.57. The van der Waals surface area contributed by atoms with Gasteiger partial charge in [-0.05, 0) is 54.8 Å². The van der Waals surface area contributed by atoms with E-state index in [0.29, 0.717) is 42.7 Å². The van der Waals surface area contributed by atoms with Crippen molar-refractivity contribution >= 4 is 11.8 Å². The van der Waals surface area contributed by atoms with Gasteiger partial charge in [0.2, 0.25) is 5.91 Å². The number of imidazole rings is 1. The Morgan fingerprint density at radius 1 is 1.13 bits per heavy atom. The Hall–Kier alpha value is -3.55. The molecule has 0 aliphatic carbocycles. The van der Waals surface area contributed by atoms with E-state index in [1.54, 1.807) is 34.0 Å². The summed E-state index contributed by atoms with van der Waals surface area (Å²) >= 11 is 0. The minimum absolute atomic E-state index is 0.171. The van der Waals surface area contributed by atoms with Crippen molar-refractivity contribution in [3.63, 3.8) is 0 Å². The molecule has 0 saturated carbocycles. The predicted molar refractivity (Wildman–Crippen MR) is 110 cm³/mol. The molecule has 160 valence electrons. The van der Waals surface area contributed by atoms with E-state index in [2.05, 4.69) is 10.3 Å². The van der Waals surface area contributed by atoms with Crippen molar-refractivity contribution in [2.24, 2.45) is 5.92 Å². The number of carbonyl (C=O) groups excluding carboxylic acids is 2. The monoisotopic (exact) mass is 424 g/mol. The highest BCUT2D eigenvalue weighted by Crippen LogP contribution is 2.20. The van der Waals surface area contributed by atoms with Crippen molar-refractivity contribution < 1.29 is 18.4 Å². The van der Waals surface area contributed by atoms with Crippen LogP contribution >= 0.6 is 0 Å². The van der Waals surface area contributed by atoms with Crippen LogP contribution in [0.4, 0.5) is 8.78 Å². The largest absolute Gasteiger partial charge is 0.352 e. The molecular weight excluding hydrogens is 402 g/mol. The smallest absolute Gasteiger partial charge is 0.253 e. The van der Waals surface area contributed by atoms with Gasteiger partial charge >= 0.3 is 0 Å². The zero-order valence-corrected chi connectivity index (χ0v) is 16.8. The lowest BCUT2D eigenvalue weighted by molar-refractivity contribution is -0.126. The molecule has 0 radical (unpaired) electrons. The highest BCUT2D eigenvalue weighted by Gasteiger charge is 2.28. The highest BCUT2D eigenvalue weighted by molar-refractivity contribution is 5.94. The van der Waals surface area contributed by atoms with Crippen molar-refractivity contribution in [1.82, 2.24) is 19.8 Å². The quantitative estimate of drug-likeness (QED) is 0.683. The first-order chi connectivity index (χ1) is 15.0. The van der Waals surface area contributed by atoms with Gasteiger partial charge in [-0.2, -0.15) is 0 Å². The fourth-order valence-corrected chi connectivity index (χ4v) is 3.76. The normalized spacial score (nSPS) is 16.2. The van der Waals surface area contributed by atoms with Crippen LogP contribution in [0.25, 0.3) is 5.69 Å². The zero-order chi connectivity index (χ0) is 21.8. The van der Waals surface area contributed by atoms with Gasteiger partial charge in [0.05, 0.1) is 17.9 Å². The minimum atomic E-state index is -0.404. The second-order valence-electron chi connectivity index (χ2n) is 7.57. The van der Waals surface area contributed by atoms with Crippen LogP contribution in [0.3, 0.4) is 0 Å². The molecule has 2 aromatic carbocycles. The maximum atomic E-state index is 14.4. The summed E-state index contributed by atoms with van der Waals surface area (Å²) in [6.45, 7) is 1.05. The fourth-order valence-electron chi connectivity index (χ4n) is 3.76. The van der Waals surface area contributed by atoms with E-state index in [-0.39, 0.29) is 24.3 Å². The molecule has 6 nitrogen and oxygen atoms in total. The number of carbonyl (C=O) groups is 2. The Balaban J connectivity index is 1.34.